The average Bonchev–Trinajstić information content (AvgIpc) is 2.83. The van der Waals surface area contributed by atoms with Crippen LogP contribution in [0.4, 0.5) is 5.69 Å². The fraction of sp³-hybridized carbons (Fsp3) is 0. The van der Waals surface area contributed by atoms with Gasteiger partial charge < -0.3 is 10.3 Å². The predicted molar refractivity (Wildman–Crippen MR) is 92.4 cm³/mol. The van der Waals surface area contributed by atoms with Crippen molar-refractivity contribution in [1.82, 2.24) is 4.57 Å². The number of fused-ring (bicyclic) bond motifs is 3. The van der Waals surface area contributed by atoms with Crippen molar-refractivity contribution in [2.45, 2.75) is 0 Å². The zero-order valence-corrected chi connectivity index (χ0v) is 12.2. The van der Waals surface area contributed by atoms with Gasteiger partial charge in [0.2, 0.25) is 0 Å². The van der Waals surface area contributed by atoms with Gasteiger partial charge in [-0.3, -0.25) is 0 Å². The van der Waals surface area contributed by atoms with E-state index in [4.69, 9.17) is 5.73 Å². The Kier molecular flexibility index (Phi) is 3.32. The Labute approximate surface area is 129 Å². The molecule has 3 aromatic carbocycles. The van der Waals surface area contributed by atoms with Gasteiger partial charge in [-0.25, -0.2) is 0 Å². The zero-order chi connectivity index (χ0) is 13.5. The van der Waals surface area contributed by atoms with Gasteiger partial charge in [0.15, 0.2) is 0 Å². The summed E-state index contributed by atoms with van der Waals surface area (Å²) in [4.78, 5) is 0. The van der Waals surface area contributed by atoms with Crippen LogP contribution in [0.15, 0.2) is 72.8 Å². The van der Waals surface area contributed by atoms with E-state index in [9.17, 15) is 0 Å². The molecule has 0 atom stereocenters. The number of nitrogen functional groups attached to an aromatic ring is 1. The molecule has 0 aliphatic heterocycles. The van der Waals surface area contributed by atoms with Crippen molar-refractivity contribution < 1.29 is 0 Å². The van der Waals surface area contributed by atoms with Crippen LogP contribution in [0.3, 0.4) is 0 Å². The second kappa shape index (κ2) is 5.15. The second-order valence-corrected chi connectivity index (χ2v) is 4.96. The van der Waals surface area contributed by atoms with Crippen LogP contribution in [-0.2, 0) is 0 Å². The minimum absolute atomic E-state index is 0. The fourth-order valence-electron chi connectivity index (χ4n) is 2.82. The lowest BCUT2D eigenvalue weighted by Gasteiger charge is -2.07. The van der Waals surface area contributed by atoms with Crippen molar-refractivity contribution in [1.29, 1.82) is 0 Å². The van der Waals surface area contributed by atoms with E-state index in [0.717, 1.165) is 11.4 Å². The highest BCUT2D eigenvalue weighted by molar-refractivity contribution is 6.09. The largest absolute Gasteiger partial charge is 0.399 e. The van der Waals surface area contributed by atoms with Crippen molar-refractivity contribution in [2.24, 2.45) is 0 Å². The molecule has 3 heteroatoms. The number of hydrogen-bond acceptors (Lipinski definition) is 1. The SMILES string of the molecule is Cl.Nc1ccc(-n2c3ccccc3c3ccccc32)cc1. The van der Waals surface area contributed by atoms with Crippen LogP contribution < -0.4 is 5.73 Å². The van der Waals surface area contributed by atoms with Gasteiger partial charge in [-0.2, -0.15) is 0 Å². The monoisotopic (exact) mass is 294 g/mol. The van der Waals surface area contributed by atoms with Crippen LogP contribution in [0.2, 0.25) is 0 Å². The van der Waals surface area contributed by atoms with Gasteiger partial charge in [0, 0.05) is 22.1 Å². The van der Waals surface area contributed by atoms with Gasteiger partial charge in [-0.05, 0) is 36.4 Å². The van der Waals surface area contributed by atoms with Crippen molar-refractivity contribution in [2.75, 3.05) is 5.73 Å². The number of para-hydroxylation sites is 2. The van der Waals surface area contributed by atoms with Crippen LogP contribution >= 0.6 is 12.4 Å². The van der Waals surface area contributed by atoms with E-state index in [1.165, 1.54) is 21.8 Å². The fourth-order valence-corrected chi connectivity index (χ4v) is 2.82. The van der Waals surface area contributed by atoms with E-state index >= 15 is 0 Å². The molecule has 4 rings (SSSR count). The summed E-state index contributed by atoms with van der Waals surface area (Å²) in [6.45, 7) is 0. The third kappa shape index (κ3) is 2.05. The van der Waals surface area contributed by atoms with Gasteiger partial charge >= 0.3 is 0 Å². The Morgan fingerprint density at radius 3 is 1.62 bits per heavy atom. The normalized spacial score (nSPS) is 10.7. The first kappa shape index (κ1) is 13.5. The zero-order valence-electron chi connectivity index (χ0n) is 11.4. The van der Waals surface area contributed by atoms with Gasteiger partial charge in [-0.1, -0.05) is 36.4 Å². The number of hydrogen-bond donors (Lipinski definition) is 1. The quantitative estimate of drug-likeness (QED) is 0.503. The molecule has 0 saturated heterocycles. The van der Waals surface area contributed by atoms with E-state index in [0.29, 0.717) is 0 Å². The van der Waals surface area contributed by atoms with Crippen LogP contribution in [0.5, 0.6) is 0 Å². The number of anilines is 1. The molecule has 0 spiro atoms. The highest BCUT2D eigenvalue weighted by Crippen LogP contribution is 2.31. The van der Waals surface area contributed by atoms with Gasteiger partial charge in [-0.15, -0.1) is 12.4 Å². The summed E-state index contributed by atoms with van der Waals surface area (Å²) in [6.07, 6.45) is 0. The van der Waals surface area contributed by atoms with E-state index in [1.807, 2.05) is 12.1 Å². The topological polar surface area (TPSA) is 30.9 Å². The Hall–Kier alpha value is -2.45. The number of rotatable bonds is 1. The lowest BCUT2D eigenvalue weighted by Crippen LogP contribution is -1.94. The molecule has 0 bridgehead atoms. The maximum atomic E-state index is 5.80. The third-order valence-electron chi connectivity index (χ3n) is 3.73. The Morgan fingerprint density at radius 1 is 0.619 bits per heavy atom. The van der Waals surface area contributed by atoms with Crippen LogP contribution in [0.1, 0.15) is 0 Å². The molecule has 4 aromatic rings. The highest BCUT2D eigenvalue weighted by atomic mass is 35.5. The molecule has 0 aliphatic rings. The van der Waals surface area contributed by atoms with Crippen LogP contribution in [0, 0.1) is 0 Å². The van der Waals surface area contributed by atoms with Gasteiger partial charge in [0.25, 0.3) is 0 Å². The minimum Gasteiger partial charge on any atom is -0.399 e. The summed E-state index contributed by atoms with van der Waals surface area (Å²) in [5.74, 6) is 0. The average molecular weight is 295 g/mol. The molecule has 21 heavy (non-hydrogen) atoms. The molecule has 1 aromatic heterocycles. The highest BCUT2D eigenvalue weighted by Gasteiger charge is 2.10. The maximum absolute atomic E-state index is 5.80. The van der Waals surface area contributed by atoms with Crippen molar-refractivity contribution >= 4 is 39.9 Å². The van der Waals surface area contributed by atoms with Crippen molar-refractivity contribution in [3.05, 3.63) is 72.8 Å². The van der Waals surface area contributed by atoms with E-state index in [1.54, 1.807) is 0 Å². The summed E-state index contributed by atoms with van der Waals surface area (Å²) in [5.41, 5.74) is 10.2. The Morgan fingerprint density at radius 2 is 1.10 bits per heavy atom. The molecular weight excluding hydrogens is 280 g/mol. The van der Waals surface area contributed by atoms with Crippen molar-refractivity contribution in [3.63, 3.8) is 0 Å². The summed E-state index contributed by atoms with van der Waals surface area (Å²) >= 11 is 0. The molecule has 2 nitrogen and oxygen atoms in total. The summed E-state index contributed by atoms with van der Waals surface area (Å²) in [7, 11) is 0. The lowest BCUT2D eigenvalue weighted by molar-refractivity contribution is 1.18. The van der Waals surface area contributed by atoms with E-state index in [-0.39, 0.29) is 12.4 Å². The lowest BCUT2D eigenvalue weighted by atomic mass is 10.2. The number of halogens is 1. The first-order chi connectivity index (χ1) is 9.84. The van der Waals surface area contributed by atoms with Crippen LogP contribution in [-0.4, -0.2) is 4.57 Å². The summed E-state index contributed by atoms with van der Waals surface area (Å²) < 4.78 is 2.28. The first-order valence-electron chi connectivity index (χ1n) is 6.69. The molecule has 104 valence electrons. The Balaban J connectivity index is 0.00000132. The van der Waals surface area contributed by atoms with Gasteiger partial charge in [0.1, 0.15) is 0 Å². The smallest absolute Gasteiger partial charge is 0.0541 e. The third-order valence-corrected chi connectivity index (χ3v) is 3.73. The molecule has 0 aliphatic carbocycles. The molecule has 1 heterocycles. The molecule has 2 N–H and O–H groups in total. The standard InChI is InChI=1S/C18H14N2.ClH/c19-13-9-11-14(12-10-13)20-17-7-3-1-5-15(17)16-6-2-4-8-18(16)20;/h1-12H,19H2;1H. The maximum Gasteiger partial charge on any atom is 0.0541 e. The number of benzene rings is 3. The van der Waals surface area contributed by atoms with Crippen LogP contribution in [0.25, 0.3) is 27.5 Å². The molecule has 0 unspecified atom stereocenters. The molecule has 0 radical (unpaired) electrons. The molecular formula is C18H15ClN2. The molecule has 0 saturated carbocycles. The predicted octanol–water partition coefficient (Wildman–Crippen LogP) is 4.79. The number of aromatic nitrogens is 1. The Bertz CT molecular complexity index is 854. The van der Waals surface area contributed by atoms with E-state index < -0.39 is 0 Å². The van der Waals surface area contributed by atoms with E-state index in [2.05, 4.69) is 65.2 Å². The summed E-state index contributed by atoms with van der Waals surface area (Å²) in [6, 6.07) is 25.0. The number of nitrogens with two attached hydrogens (primary N) is 1. The first-order valence-corrected chi connectivity index (χ1v) is 6.69. The molecule has 0 fully saturated rings. The van der Waals surface area contributed by atoms with Gasteiger partial charge in [0.05, 0.1) is 11.0 Å². The second-order valence-electron chi connectivity index (χ2n) is 4.96. The number of nitrogens with zero attached hydrogens (tertiary/aromatic N) is 1. The van der Waals surface area contributed by atoms with Crippen molar-refractivity contribution in [3.8, 4) is 5.69 Å². The molecule has 0 amide bonds. The summed E-state index contributed by atoms with van der Waals surface area (Å²) in [5, 5.41) is 2.56. The minimum atomic E-state index is 0.